The molecule has 3 heterocycles. The molecule has 30 heavy (non-hydrogen) atoms. The fourth-order valence-electron chi connectivity index (χ4n) is 4.67. The molecule has 4 atom stereocenters. The number of carbonyl (C=O) groups is 2. The van der Waals surface area contributed by atoms with Gasteiger partial charge in [-0.05, 0) is 61.8 Å². The number of ether oxygens (including phenoxy) is 3. The fourth-order valence-corrected chi connectivity index (χ4v) is 4.67. The Labute approximate surface area is 174 Å². The van der Waals surface area contributed by atoms with Gasteiger partial charge in [0.15, 0.2) is 0 Å². The molecule has 1 aromatic carbocycles. The maximum atomic E-state index is 12.6. The van der Waals surface area contributed by atoms with E-state index in [1.165, 1.54) is 0 Å². The maximum absolute atomic E-state index is 12.6. The van der Waals surface area contributed by atoms with Crippen molar-refractivity contribution in [3.05, 3.63) is 59.8 Å². The van der Waals surface area contributed by atoms with Gasteiger partial charge in [0, 0.05) is 23.2 Å². The molecular weight excluding hydrogens is 382 g/mol. The van der Waals surface area contributed by atoms with Crippen molar-refractivity contribution in [3.63, 3.8) is 0 Å². The van der Waals surface area contributed by atoms with Gasteiger partial charge in [-0.1, -0.05) is 18.7 Å². The quantitative estimate of drug-likeness (QED) is 0.359. The molecule has 0 saturated carbocycles. The van der Waals surface area contributed by atoms with E-state index >= 15 is 0 Å². The first-order chi connectivity index (χ1) is 14.4. The second-order valence-electron chi connectivity index (χ2n) is 8.65. The molecule has 0 unspecified atom stereocenters. The summed E-state index contributed by atoms with van der Waals surface area (Å²) in [5.74, 6) is -0.723. The molecule has 1 aliphatic carbocycles. The molecule has 1 N–H and O–H groups in total. The Kier molecular flexibility index (Phi) is 4.54. The monoisotopic (exact) mass is 407 g/mol. The van der Waals surface area contributed by atoms with E-state index in [0.29, 0.717) is 11.1 Å². The van der Waals surface area contributed by atoms with Crippen LogP contribution < -0.4 is 0 Å². The van der Waals surface area contributed by atoms with E-state index in [0.717, 1.165) is 42.2 Å². The molecule has 156 valence electrons. The Balaban J connectivity index is 1.28. The molecular formula is C24H25NO5. The average Bonchev–Trinajstić information content (AvgIpc) is 3.06. The van der Waals surface area contributed by atoms with Crippen molar-refractivity contribution in [2.45, 2.75) is 50.4 Å². The summed E-state index contributed by atoms with van der Waals surface area (Å²) in [6.45, 7) is 6.25. The molecule has 1 aromatic heterocycles. The normalized spacial score (nSPS) is 32.6. The Hall–Kier alpha value is -2.86. The molecule has 3 aliphatic rings. The summed E-state index contributed by atoms with van der Waals surface area (Å²) in [6.07, 6.45) is 6.80. The summed E-state index contributed by atoms with van der Waals surface area (Å²) < 4.78 is 17.1. The summed E-state index contributed by atoms with van der Waals surface area (Å²) in [5.41, 5.74) is 2.74. The number of rotatable bonds is 3. The third kappa shape index (κ3) is 3.35. The number of aromatic amines is 1. The minimum Gasteiger partial charge on any atom is -0.458 e. The highest BCUT2D eigenvalue weighted by atomic mass is 16.6. The van der Waals surface area contributed by atoms with Crippen LogP contribution in [0, 0.1) is 5.92 Å². The van der Waals surface area contributed by atoms with Gasteiger partial charge < -0.3 is 19.2 Å². The van der Waals surface area contributed by atoms with Gasteiger partial charge in [0.25, 0.3) is 0 Å². The van der Waals surface area contributed by atoms with E-state index in [1.807, 2.05) is 18.3 Å². The Bertz CT molecular complexity index is 1070. The van der Waals surface area contributed by atoms with Gasteiger partial charge in [-0.25, -0.2) is 9.59 Å². The van der Waals surface area contributed by atoms with Crippen LogP contribution in [0.25, 0.3) is 10.9 Å². The molecule has 0 amide bonds. The number of nitrogens with one attached hydrogen (secondary N) is 1. The average molecular weight is 407 g/mol. The number of esters is 2. The van der Waals surface area contributed by atoms with Crippen molar-refractivity contribution in [1.82, 2.24) is 4.98 Å². The van der Waals surface area contributed by atoms with E-state index in [2.05, 4.69) is 24.6 Å². The lowest BCUT2D eigenvalue weighted by Gasteiger charge is -2.20. The highest BCUT2D eigenvalue weighted by Gasteiger charge is 2.61. The number of carbonyl (C=O) groups excluding carboxylic acids is 2. The van der Waals surface area contributed by atoms with Crippen LogP contribution in [0.5, 0.6) is 0 Å². The van der Waals surface area contributed by atoms with E-state index in [9.17, 15) is 9.59 Å². The number of H-pyrrole nitrogens is 1. The summed E-state index contributed by atoms with van der Waals surface area (Å²) >= 11 is 0. The minimum atomic E-state index is -0.344. The molecule has 5 rings (SSSR count). The zero-order valence-electron chi connectivity index (χ0n) is 17.0. The first-order valence-electron chi connectivity index (χ1n) is 10.4. The molecule has 2 aromatic rings. The SMILES string of the molecule is C=C1C(=O)O[C@@H]2[C@H]3O[C@]3(C)CC/C=C(/COC(=O)c3ccc4cc[nH]c4c3)CC[C@@H]12. The maximum Gasteiger partial charge on any atom is 0.338 e. The zero-order valence-corrected chi connectivity index (χ0v) is 17.0. The predicted octanol–water partition coefficient (Wildman–Crippen LogP) is 4.08. The summed E-state index contributed by atoms with van der Waals surface area (Å²) in [7, 11) is 0. The number of benzene rings is 1. The van der Waals surface area contributed by atoms with E-state index in [4.69, 9.17) is 14.2 Å². The molecule has 0 bridgehead atoms. The smallest absolute Gasteiger partial charge is 0.338 e. The Morgan fingerprint density at radius 2 is 2.23 bits per heavy atom. The molecule has 0 spiro atoms. The number of aromatic nitrogens is 1. The fraction of sp³-hybridized carbons (Fsp3) is 0.417. The molecule has 2 aliphatic heterocycles. The lowest BCUT2D eigenvalue weighted by Crippen LogP contribution is -2.29. The summed E-state index contributed by atoms with van der Waals surface area (Å²) in [5, 5.41) is 1.05. The van der Waals surface area contributed by atoms with Gasteiger partial charge in [-0.3, -0.25) is 0 Å². The standard InChI is InChI=1S/C24H25NO5/c1-14-18-8-5-15(4-3-10-24(2)21(30-24)20(18)29-22(14)26)13-28-23(27)17-7-6-16-9-11-25-19(16)12-17/h4,6-7,9,11-12,18,20-21,25H,1,3,5,8,10,13H2,2H3/b15-4+/t18-,20-,21+,24+/m0/s1. The third-order valence-corrected chi connectivity index (χ3v) is 6.62. The van der Waals surface area contributed by atoms with Gasteiger partial charge in [-0.15, -0.1) is 0 Å². The first-order valence-corrected chi connectivity index (χ1v) is 10.4. The van der Waals surface area contributed by atoms with Crippen molar-refractivity contribution in [1.29, 1.82) is 0 Å². The third-order valence-electron chi connectivity index (χ3n) is 6.62. The second kappa shape index (κ2) is 7.13. The van der Waals surface area contributed by atoms with Crippen LogP contribution in [-0.4, -0.2) is 41.3 Å². The number of hydrogen-bond donors (Lipinski definition) is 1. The van der Waals surface area contributed by atoms with Crippen LogP contribution in [0.3, 0.4) is 0 Å². The topological polar surface area (TPSA) is 80.9 Å². The molecule has 0 radical (unpaired) electrons. The van der Waals surface area contributed by atoms with Crippen LogP contribution >= 0.6 is 0 Å². The molecule has 2 saturated heterocycles. The van der Waals surface area contributed by atoms with Crippen molar-refractivity contribution >= 4 is 22.8 Å². The molecule has 2 fully saturated rings. The van der Waals surface area contributed by atoms with Crippen molar-refractivity contribution in [2.75, 3.05) is 6.61 Å². The van der Waals surface area contributed by atoms with Crippen molar-refractivity contribution in [2.24, 2.45) is 5.92 Å². The van der Waals surface area contributed by atoms with Gasteiger partial charge in [0.2, 0.25) is 0 Å². The number of epoxide rings is 1. The van der Waals surface area contributed by atoms with Gasteiger partial charge in [0.1, 0.15) is 18.8 Å². The van der Waals surface area contributed by atoms with Crippen LogP contribution in [-0.2, 0) is 19.0 Å². The minimum absolute atomic E-state index is 0.0543. The van der Waals surface area contributed by atoms with Gasteiger partial charge in [0.05, 0.1) is 11.2 Å². The number of hydrogen-bond acceptors (Lipinski definition) is 5. The highest BCUT2D eigenvalue weighted by molar-refractivity contribution is 5.94. The van der Waals surface area contributed by atoms with Crippen molar-refractivity contribution < 1.29 is 23.8 Å². The lowest BCUT2D eigenvalue weighted by molar-refractivity contribution is -0.140. The van der Waals surface area contributed by atoms with Gasteiger partial charge >= 0.3 is 11.9 Å². The summed E-state index contributed by atoms with van der Waals surface area (Å²) in [4.78, 5) is 27.7. The van der Waals surface area contributed by atoms with Crippen LogP contribution in [0.2, 0.25) is 0 Å². The van der Waals surface area contributed by atoms with Gasteiger partial charge in [-0.2, -0.15) is 0 Å². The predicted molar refractivity (Wildman–Crippen MR) is 111 cm³/mol. The van der Waals surface area contributed by atoms with Crippen LogP contribution in [0.1, 0.15) is 43.0 Å². The van der Waals surface area contributed by atoms with Crippen molar-refractivity contribution in [3.8, 4) is 0 Å². The Morgan fingerprint density at radius 1 is 1.37 bits per heavy atom. The Morgan fingerprint density at radius 3 is 3.10 bits per heavy atom. The molecule has 6 nitrogen and oxygen atoms in total. The lowest BCUT2D eigenvalue weighted by atomic mass is 9.84. The van der Waals surface area contributed by atoms with E-state index in [-0.39, 0.29) is 42.3 Å². The first kappa shape index (κ1) is 19.1. The zero-order chi connectivity index (χ0) is 20.9. The second-order valence-corrected chi connectivity index (χ2v) is 8.65. The van der Waals surface area contributed by atoms with Crippen LogP contribution in [0.4, 0.5) is 0 Å². The number of allylic oxidation sites excluding steroid dienone is 1. The largest absolute Gasteiger partial charge is 0.458 e. The molecule has 6 heteroatoms. The highest BCUT2D eigenvalue weighted by Crippen LogP contribution is 2.49. The van der Waals surface area contributed by atoms with E-state index < -0.39 is 0 Å². The van der Waals surface area contributed by atoms with E-state index in [1.54, 1.807) is 12.1 Å². The van der Waals surface area contributed by atoms with Crippen LogP contribution in [0.15, 0.2) is 54.3 Å². The summed E-state index contributed by atoms with van der Waals surface area (Å²) in [6, 6.07) is 7.45. The number of fused-ring (bicyclic) bond motifs is 4.